The Kier molecular flexibility index (Phi) is 4.02. The monoisotopic (exact) mass is 171 g/mol. The van der Waals surface area contributed by atoms with Gasteiger partial charge in [-0.25, -0.2) is 0 Å². The average Bonchev–Trinajstić information content (AvgIpc) is 2.06. The van der Waals surface area contributed by atoms with E-state index in [-0.39, 0.29) is 0 Å². The predicted octanol–water partition coefficient (Wildman–Crippen LogP) is 1.66. The van der Waals surface area contributed by atoms with Gasteiger partial charge in [0.1, 0.15) is 0 Å². The van der Waals surface area contributed by atoms with Crippen molar-refractivity contribution in [3.05, 3.63) is 5.92 Å². The maximum absolute atomic E-state index is 9.41. The largest absolute Gasteiger partial charge is 0.391 e. The summed E-state index contributed by atoms with van der Waals surface area (Å²) in [5, 5.41) is 18.5. The van der Waals surface area contributed by atoms with Gasteiger partial charge in [0.15, 0.2) is 0 Å². The molecule has 1 radical (unpaired) electrons. The second kappa shape index (κ2) is 4.83. The number of hydrogen-bond acceptors (Lipinski definition) is 2. The third-order valence-electron chi connectivity index (χ3n) is 2.62. The standard InChI is InChI=1S/C10H19O2/c1-8(11)10(12)7-9-5-3-2-4-6-9/h8,10-12H,2-7H2,1H3. The van der Waals surface area contributed by atoms with E-state index in [4.69, 9.17) is 5.11 Å². The van der Waals surface area contributed by atoms with Crippen molar-refractivity contribution in [1.29, 1.82) is 0 Å². The first-order chi connectivity index (χ1) is 5.70. The quantitative estimate of drug-likeness (QED) is 0.678. The van der Waals surface area contributed by atoms with Crippen LogP contribution in [0.4, 0.5) is 0 Å². The summed E-state index contributed by atoms with van der Waals surface area (Å²) in [4.78, 5) is 0. The summed E-state index contributed by atoms with van der Waals surface area (Å²) < 4.78 is 0. The molecule has 12 heavy (non-hydrogen) atoms. The van der Waals surface area contributed by atoms with Crippen molar-refractivity contribution in [2.24, 2.45) is 0 Å². The molecule has 0 aromatic heterocycles. The lowest BCUT2D eigenvalue weighted by Crippen LogP contribution is -2.25. The number of aliphatic hydroxyl groups excluding tert-OH is 2. The zero-order valence-electron chi connectivity index (χ0n) is 7.79. The molecular formula is C10H19O2. The summed E-state index contributed by atoms with van der Waals surface area (Å²) >= 11 is 0. The summed E-state index contributed by atoms with van der Waals surface area (Å²) in [7, 11) is 0. The lowest BCUT2D eigenvalue weighted by Gasteiger charge is -2.24. The molecule has 2 unspecified atom stereocenters. The number of hydrogen-bond donors (Lipinski definition) is 2. The Balaban J connectivity index is 2.20. The van der Waals surface area contributed by atoms with E-state index in [1.807, 2.05) is 0 Å². The summed E-state index contributed by atoms with van der Waals surface area (Å²) in [6.07, 6.45) is 5.75. The second-order valence-electron chi connectivity index (χ2n) is 3.82. The minimum Gasteiger partial charge on any atom is -0.391 e. The van der Waals surface area contributed by atoms with Gasteiger partial charge in [0.2, 0.25) is 0 Å². The predicted molar refractivity (Wildman–Crippen MR) is 48.6 cm³/mol. The summed E-state index contributed by atoms with van der Waals surface area (Å²) in [5.41, 5.74) is 0. The zero-order valence-corrected chi connectivity index (χ0v) is 7.79. The smallest absolute Gasteiger partial charge is 0.0801 e. The molecule has 0 bridgehead atoms. The highest BCUT2D eigenvalue weighted by Crippen LogP contribution is 2.29. The van der Waals surface area contributed by atoms with Gasteiger partial charge in [0.25, 0.3) is 0 Å². The molecule has 1 aliphatic rings. The maximum Gasteiger partial charge on any atom is 0.0801 e. The van der Waals surface area contributed by atoms with Crippen LogP contribution >= 0.6 is 0 Å². The van der Waals surface area contributed by atoms with E-state index in [1.54, 1.807) is 6.92 Å². The molecule has 2 heteroatoms. The molecule has 0 saturated heterocycles. The normalized spacial score (nSPS) is 25.2. The Hall–Kier alpha value is -0.0800. The molecule has 0 heterocycles. The van der Waals surface area contributed by atoms with Gasteiger partial charge in [-0.2, -0.15) is 0 Å². The third kappa shape index (κ3) is 3.11. The van der Waals surface area contributed by atoms with Crippen LogP contribution in [0.5, 0.6) is 0 Å². The van der Waals surface area contributed by atoms with Gasteiger partial charge in [-0.05, 0) is 32.1 Å². The van der Waals surface area contributed by atoms with Crippen LogP contribution in [0, 0.1) is 5.92 Å². The molecule has 0 aliphatic heterocycles. The minimum atomic E-state index is -0.584. The fraction of sp³-hybridized carbons (Fsp3) is 0.900. The lowest BCUT2D eigenvalue weighted by molar-refractivity contribution is 0.0267. The topological polar surface area (TPSA) is 40.5 Å². The molecule has 0 aromatic rings. The molecular weight excluding hydrogens is 152 g/mol. The number of aliphatic hydroxyl groups is 2. The average molecular weight is 171 g/mol. The highest BCUT2D eigenvalue weighted by Gasteiger charge is 2.20. The molecule has 1 rings (SSSR count). The molecule has 0 amide bonds. The van der Waals surface area contributed by atoms with E-state index in [1.165, 1.54) is 25.2 Å². The van der Waals surface area contributed by atoms with E-state index < -0.39 is 12.2 Å². The van der Waals surface area contributed by atoms with Crippen molar-refractivity contribution in [3.63, 3.8) is 0 Å². The molecule has 1 saturated carbocycles. The van der Waals surface area contributed by atoms with Gasteiger partial charge in [0.05, 0.1) is 12.2 Å². The van der Waals surface area contributed by atoms with Crippen LogP contribution in [0.3, 0.4) is 0 Å². The Morgan fingerprint density at radius 1 is 1.17 bits per heavy atom. The minimum absolute atomic E-state index is 0.543. The Labute approximate surface area is 74.6 Å². The SMILES string of the molecule is CC(O)C(O)C[C]1CCCCC1. The van der Waals surface area contributed by atoms with Crippen LogP contribution in [-0.4, -0.2) is 22.4 Å². The van der Waals surface area contributed by atoms with E-state index in [2.05, 4.69) is 0 Å². The van der Waals surface area contributed by atoms with Crippen molar-refractivity contribution in [2.45, 2.75) is 57.7 Å². The molecule has 2 atom stereocenters. The fourth-order valence-corrected chi connectivity index (χ4v) is 1.72. The zero-order chi connectivity index (χ0) is 8.97. The van der Waals surface area contributed by atoms with Crippen LogP contribution in [0.15, 0.2) is 0 Å². The van der Waals surface area contributed by atoms with E-state index in [0.29, 0.717) is 6.42 Å². The lowest BCUT2D eigenvalue weighted by atomic mass is 9.85. The van der Waals surface area contributed by atoms with Gasteiger partial charge in [-0.1, -0.05) is 19.3 Å². The van der Waals surface area contributed by atoms with Crippen molar-refractivity contribution in [3.8, 4) is 0 Å². The van der Waals surface area contributed by atoms with Crippen LogP contribution in [0.25, 0.3) is 0 Å². The Morgan fingerprint density at radius 3 is 2.25 bits per heavy atom. The van der Waals surface area contributed by atoms with Gasteiger partial charge < -0.3 is 10.2 Å². The Morgan fingerprint density at radius 2 is 1.75 bits per heavy atom. The highest BCUT2D eigenvalue weighted by molar-refractivity contribution is 4.94. The van der Waals surface area contributed by atoms with Crippen molar-refractivity contribution in [1.82, 2.24) is 0 Å². The van der Waals surface area contributed by atoms with Crippen LogP contribution in [0.1, 0.15) is 45.4 Å². The van der Waals surface area contributed by atoms with Gasteiger partial charge in [-0.15, -0.1) is 0 Å². The molecule has 0 spiro atoms. The highest BCUT2D eigenvalue weighted by atomic mass is 16.3. The summed E-state index contributed by atoms with van der Waals surface area (Å²) in [5.74, 6) is 1.44. The summed E-state index contributed by atoms with van der Waals surface area (Å²) in [6, 6.07) is 0. The molecule has 1 fully saturated rings. The number of rotatable bonds is 3. The van der Waals surface area contributed by atoms with Crippen LogP contribution < -0.4 is 0 Å². The van der Waals surface area contributed by atoms with Gasteiger partial charge >= 0.3 is 0 Å². The molecule has 71 valence electrons. The third-order valence-corrected chi connectivity index (χ3v) is 2.62. The molecule has 2 nitrogen and oxygen atoms in total. The summed E-state index contributed by atoms with van der Waals surface area (Å²) in [6.45, 7) is 1.65. The van der Waals surface area contributed by atoms with Crippen molar-refractivity contribution < 1.29 is 10.2 Å². The first kappa shape index (κ1) is 10.0. The first-order valence-electron chi connectivity index (χ1n) is 4.90. The van der Waals surface area contributed by atoms with E-state index in [9.17, 15) is 5.11 Å². The van der Waals surface area contributed by atoms with Crippen LogP contribution in [0.2, 0.25) is 0 Å². The van der Waals surface area contributed by atoms with Crippen molar-refractivity contribution in [2.75, 3.05) is 0 Å². The maximum atomic E-state index is 9.41. The fourth-order valence-electron chi connectivity index (χ4n) is 1.72. The van der Waals surface area contributed by atoms with Crippen molar-refractivity contribution >= 4 is 0 Å². The molecule has 0 aromatic carbocycles. The molecule has 1 aliphatic carbocycles. The second-order valence-corrected chi connectivity index (χ2v) is 3.82. The first-order valence-corrected chi connectivity index (χ1v) is 4.90. The molecule has 2 N–H and O–H groups in total. The van der Waals surface area contributed by atoms with Gasteiger partial charge in [-0.3, -0.25) is 0 Å². The van der Waals surface area contributed by atoms with Crippen LogP contribution in [-0.2, 0) is 0 Å². The van der Waals surface area contributed by atoms with E-state index in [0.717, 1.165) is 12.8 Å². The Bertz CT molecular complexity index is 117. The van der Waals surface area contributed by atoms with E-state index >= 15 is 0 Å². The van der Waals surface area contributed by atoms with Gasteiger partial charge in [0, 0.05) is 0 Å².